The Hall–Kier alpha value is -3.28. The van der Waals surface area contributed by atoms with E-state index >= 15 is 0 Å². The number of rotatable bonds is 5. The maximum atomic E-state index is 13.1. The number of carbonyl (C=O) groups is 1. The Kier molecular flexibility index (Phi) is 5.24. The molecule has 1 aromatic heterocycles. The van der Waals surface area contributed by atoms with Crippen molar-refractivity contribution in [2.75, 3.05) is 21.3 Å². The molecule has 0 saturated heterocycles. The second kappa shape index (κ2) is 7.86. The first-order valence-electron chi connectivity index (χ1n) is 9.95. The van der Waals surface area contributed by atoms with E-state index in [1.807, 2.05) is 35.9 Å². The highest BCUT2D eigenvalue weighted by atomic mass is 16.5. The smallest absolute Gasteiger partial charge is 0.203 e. The van der Waals surface area contributed by atoms with Crippen LogP contribution < -0.4 is 14.2 Å². The van der Waals surface area contributed by atoms with Crippen molar-refractivity contribution >= 4 is 5.78 Å². The third-order valence-corrected chi connectivity index (χ3v) is 5.71. The summed E-state index contributed by atoms with van der Waals surface area (Å²) in [6, 6.07) is 12.0. The molecule has 0 unspecified atom stereocenters. The van der Waals surface area contributed by atoms with Gasteiger partial charge in [0.25, 0.3) is 0 Å². The molecule has 3 aromatic rings. The molecule has 2 aromatic carbocycles. The molecule has 30 heavy (non-hydrogen) atoms. The van der Waals surface area contributed by atoms with Gasteiger partial charge in [-0.1, -0.05) is 12.1 Å². The number of benzene rings is 2. The van der Waals surface area contributed by atoms with Crippen LogP contribution in [0.25, 0.3) is 5.69 Å². The molecule has 156 valence electrons. The predicted molar refractivity (Wildman–Crippen MR) is 115 cm³/mol. The van der Waals surface area contributed by atoms with E-state index in [0.717, 1.165) is 33.8 Å². The number of hydrogen-bond acceptors (Lipinski definition) is 5. The zero-order valence-electron chi connectivity index (χ0n) is 18.0. The van der Waals surface area contributed by atoms with Gasteiger partial charge in [-0.15, -0.1) is 0 Å². The monoisotopic (exact) mass is 406 g/mol. The van der Waals surface area contributed by atoms with Crippen LogP contribution in [0.1, 0.15) is 45.2 Å². The molecule has 6 heteroatoms. The van der Waals surface area contributed by atoms with Crippen molar-refractivity contribution < 1.29 is 19.0 Å². The number of ketones is 1. The number of nitrogens with zero attached hydrogens (tertiary/aromatic N) is 2. The van der Waals surface area contributed by atoms with Crippen LogP contribution >= 0.6 is 0 Å². The number of hydrogen-bond donors (Lipinski definition) is 0. The van der Waals surface area contributed by atoms with Gasteiger partial charge in [0.2, 0.25) is 5.75 Å². The van der Waals surface area contributed by atoms with Gasteiger partial charge in [-0.2, -0.15) is 5.10 Å². The lowest BCUT2D eigenvalue weighted by Crippen LogP contribution is -2.21. The third-order valence-electron chi connectivity index (χ3n) is 5.71. The summed E-state index contributed by atoms with van der Waals surface area (Å²) in [4.78, 5) is 13.1. The number of methoxy groups -OCH3 is 3. The molecule has 0 radical (unpaired) electrons. The summed E-state index contributed by atoms with van der Waals surface area (Å²) in [6.45, 7) is 3.96. The molecule has 0 amide bonds. The second-order valence-corrected chi connectivity index (χ2v) is 7.64. The van der Waals surface area contributed by atoms with E-state index in [0.29, 0.717) is 30.1 Å². The van der Waals surface area contributed by atoms with E-state index in [2.05, 4.69) is 19.1 Å². The van der Waals surface area contributed by atoms with E-state index in [1.54, 1.807) is 21.3 Å². The number of Topliss-reactive ketones (excluding diaryl/α,β-unsaturated/α-hetero) is 1. The minimum atomic E-state index is -0.00151. The van der Waals surface area contributed by atoms with E-state index in [-0.39, 0.29) is 11.7 Å². The maximum absolute atomic E-state index is 13.1. The lowest BCUT2D eigenvalue weighted by Gasteiger charge is -2.24. The van der Waals surface area contributed by atoms with Crippen LogP contribution in [-0.4, -0.2) is 36.9 Å². The summed E-state index contributed by atoms with van der Waals surface area (Å²) in [7, 11) is 4.78. The highest BCUT2D eigenvalue weighted by Gasteiger charge is 2.33. The lowest BCUT2D eigenvalue weighted by molar-refractivity contribution is 0.0963. The fourth-order valence-corrected chi connectivity index (χ4v) is 4.30. The number of carbonyl (C=O) groups excluding carboxylic acids is 1. The van der Waals surface area contributed by atoms with Crippen molar-refractivity contribution in [1.29, 1.82) is 0 Å². The summed E-state index contributed by atoms with van der Waals surface area (Å²) < 4.78 is 18.4. The fourth-order valence-electron chi connectivity index (χ4n) is 4.30. The van der Waals surface area contributed by atoms with Gasteiger partial charge in [-0.05, 0) is 61.6 Å². The Labute approximate surface area is 176 Å². The number of aryl methyl sites for hydroxylation is 2. The van der Waals surface area contributed by atoms with Crippen molar-refractivity contribution in [2.24, 2.45) is 0 Å². The van der Waals surface area contributed by atoms with Crippen molar-refractivity contribution in [3.63, 3.8) is 0 Å². The predicted octanol–water partition coefficient (Wildman–Crippen LogP) is 4.43. The van der Waals surface area contributed by atoms with Gasteiger partial charge >= 0.3 is 0 Å². The quantitative estimate of drug-likeness (QED) is 0.627. The minimum absolute atomic E-state index is 0.00151. The Bertz CT molecular complexity index is 1090. The van der Waals surface area contributed by atoms with Crippen molar-refractivity contribution in [2.45, 2.75) is 32.6 Å². The van der Waals surface area contributed by atoms with Crippen molar-refractivity contribution in [1.82, 2.24) is 9.78 Å². The molecule has 6 nitrogen and oxygen atoms in total. The highest BCUT2D eigenvalue weighted by molar-refractivity contribution is 6.00. The fraction of sp³-hybridized carbons (Fsp3) is 0.333. The van der Waals surface area contributed by atoms with Gasteiger partial charge in [0.1, 0.15) is 0 Å². The van der Waals surface area contributed by atoms with Crippen LogP contribution in [0.15, 0.2) is 36.4 Å². The van der Waals surface area contributed by atoms with E-state index in [9.17, 15) is 4.79 Å². The van der Waals surface area contributed by atoms with Gasteiger partial charge in [0.15, 0.2) is 17.3 Å². The van der Waals surface area contributed by atoms with Crippen LogP contribution in [0.5, 0.6) is 17.2 Å². The van der Waals surface area contributed by atoms with E-state index in [1.165, 1.54) is 0 Å². The molecule has 0 fully saturated rings. The lowest BCUT2D eigenvalue weighted by atomic mass is 9.81. The molecule has 1 heterocycles. The van der Waals surface area contributed by atoms with Crippen LogP contribution in [0.3, 0.4) is 0 Å². The number of aromatic nitrogens is 2. The number of ether oxygens (including phenoxy) is 3. The standard InChI is InChI=1S/C24H26N2O4/c1-14-7-6-8-18(9-14)26-19-10-16(11-20(27)23(19)15(2)25-26)17-12-21(28-3)24(30-5)22(13-17)29-4/h6-9,12-13,16H,10-11H2,1-5H3/t16-/m0/s1. The molecule has 0 saturated carbocycles. The molecular formula is C24H26N2O4. The van der Waals surface area contributed by atoms with Gasteiger partial charge < -0.3 is 14.2 Å². The van der Waals surface area contributed by atoms with Crippen LogP contribution in [0.2, 0.25) is 0 Å². The van der Waals surface area contributed by atoms with Crippen molar-refractivity contribution in [3.05, 3.63) is 64.5 Å². The summed E-state index contributed by atoms with van der Waals surface area (Å²) in [6.07, 6.45) is 1.13. The molecule has 1 atom stereocenters. The van der Waals surface area contributed by atoms with Crippen LogP contribution in [0, 0.1) is 13.8 Å². The first kappa shape index (κ1) is 20.0. The number of fused-ring (bicyclic) bond motifs is 1. The average Bonchev–Trinajstić information content (AvgIpc) is 3.09. The van der Waals surface area contributed by atoms with Crippen LogP contribution in [-0.2, 0) is 6.42 Å². The first-order chi connectivity index (χ1) is 14.5. The Morgan fingerprint density at radius 2 is 1.67 bits per heavy atom. The zero-order chi connectivity index (χ0) is 21.4. The largest absolute Gasteiger partial charge is 0.493 e. The summed E-state index contributed by atoms with van der Waals surface area (Å²) in [5.74, 6) is 1.85. The van der Waals surface area contributed by atoms with Crippen molar-refractivity contribution in [3.8, 4) is 22.9 Å². The maximum Gasteiger partial charge on any atom is 0.203 e. The topological polar surface area (TPSA) is 62.6 Å². The molecular weight excluding hydrogens is 380 g/mol. The van der Waals surface area contributed by atoms with Gasteiger partial charge in [0, 0.05) is 6.42 Å². The normalized spacial score (nSPS) is 15.6. The average molecular weight is 406 g/mol. The van der Waals surface area contributed by atoms with E-state index < -0.39 is 0 Å². The molecule has 0 spiro atoms. The van der Waals surface area contributed by atoms with E-state index in [4.69, 9.17) is 19.3 Å². The minimum Gasteiger partial charge on any atom is -0.493 e. The second-order valence-electron chi connectivity index (χ2n) is 7.64. The Morgan fingerprint density at radius 1 is 0.967 bits per heavy atom. The molecule has 0 aliphatic heterocycles. The Balaban J connectivity index is 1.80. The van der Waals surface area contributed by atoms with Gasteiger partial charge in [-0.3, -0.25) is 4.79 Å². The summed E-state index contributed by atoms with van der Waals surface area (Å²) >= 11 is 0. The zero-order valence-corrected chi connectivity index (χ0v) is 18.0. The summed E-state index contributed by atoms with van der Waals surface area (Å²) in [5, 5.41) is 4.70. The SMILES string of the molecule is COc1cc([C@@H]2CC(=O)c3c(C)nn(-c4cccc(C)c4)c3C2)cc(OC)c1OC. The molecule has 0 bridgehead atoms. The molecule has 0 N–H and O–H groups in total. The molecule has 1 aliphatic carbocycles. The highest BCUT2D eigenvalue weighted by Crippen LogP contribution is 2.43. The first-order valence-corrected chi connectivity index (χ1v) is 9.95. The van der Waals surface area contributed by atoms with Gasteiger partial charge in [-0.25, -0.2) is 4.68 Å². The van der Waals surface area contributed by atoms with Gasteiger partial charge in [0.05, 0.1) is 44.0 Å². The third kappa shape index (κ3) is 3.32. The molecule has 1 aliphatic rings. The molecule has 4 rings (SSSR count). The summed E-state index contributed by atoms with van der Waals surface area (Å²) in [5.41, 5.74) is 5.58. The van der Waals surface area contributed by atoms with Crippen LogP contribution in [0.4, 0.5) is 0 Å². The Morgan fingerprint density at radius 3 is 2.27 bits per heavy atom.